The predicted molar refractivity (Wildman–Crippen MR) is 105 cm³/mol. The van der Waals surface area contributed by atoms with Crippen LogP contribution < -0.4 is 4.90 Å². The zero-order valence-corrected chi connectivity index (χ0v) is 16.4. The van der Waals surface area contributed by atoms with Gasteiger partial charge < -0.3 is 14.4 Å². The molecule has 0 bridgehead atoms. The first-order valence-corrected chi connectivity index (χ1v) is 10.1. The van der Waals surface area contributed by atoms with E-state index in [1.807, 2.05) is 12.1 Å². The highest BCUT2D eigenvalue weighted by molar-refractivity contribution is 9.10. The monoisotopic (exact) mass is 424 g/mol. The number of nitrogens with zero attached hydrogens (tertiary/aromatic N) is 2. The topological polar surface area (TPSA) is 34.6 Å². The molecule has 2 aliphatic rings. The summed E-state index contributed by atoms with van der Waals surface area (Å²) in [5.41, 5.74) is 0.864. The van der Waals surface area contributed by atoms with Gasteiger partial charge in [0.25, 0.3) is 0 Å². The van der Waals surface area contributed by atoms with Crippen molar-refractivity contribution in [2.24, 2.45) is 0 Å². The second-order valence-corrected chi connectivity index (χ2v) is 8.09. The maximum absolute atomic E-state index is 6.36. The van der Waals surface area contributed by atoms with Gasteiger partial charge in [0, 0.05) is 36.2 Å². The van der Waals surface area contributed by atoms with E-state index >= 15 is 0 Å². The van der Waals surface area contributed by atoms with Crippen LogP contribution in [-0.2, 0) is 9.47 Å². The van der Waals surface area contributed by atoms with Gasteiger partial charge in [-0.25, -0.2) is 4.98 Å². The number of piperidine rings is 1. The van der Waals surface area contributed by atoms with Gasteiger partial charge in [0.1, 0.15) is 5.82 Å². The Hall–Kier alpha value is -0.880. The van der Waals surface area contributed by atoms with E-state index in [2.05, 4.69) is 33.0 Å². The van der Waals surface area contributed by atoms with Gasteiger partial charge in [-0.15, -0.1) is 0 Å². The minimum atomic E-state index is 0.361. The summed E-state index contributed by atoms with van der Waals surface area (Å²) < 4.78 is 12.6. The van der Waals surface area contributed by atoms with Gasteiger partial charge >= 0.3 is 0 Å². The minimum Gasteiger partial charge on any atom is -0.381 e. The second kappa shape index (κ2) is 7.78. The Kier molecular flexibility index (Phi) is 5.46. The molecule has 2 aromatic rings. The van der Waals surface area contributed by atoms with Gasteiger partial charge in [-0.3, -0.25) is 0 Å². The van der Waals surface area contributed by atoms with E-state index in [-0.39, 0.29) is 0 Å². The summed E-state index contributed by atoms with van der Waals surface area (Å²) in [6, 6.07) is 8.13. The molecule has 25 heavy (non-hydrogen) atoms. The normalized spacial score (nSPS) is 20.3. The van der Waals surface area contributed by atoms with Crippen LogP contribution in [0.25, 0.3) is 10.9 Å². The van der Waals surface area contributed by atoms with Gasteiger partial charge in [-0.05, 0) is 49.9 Å². The molecule has 0 radical (unpaired) electrons. The van der Waals surface area contributed by atoms with Crippen molar-refractivity contribution in [3.8, 4) is 0 Å². The van der Waals surface area contributed by atoms with Crippen LogP contribution in [0.4, 0.5) is 5.82 Å². The average Bonchev–Trinajstić information content (AvgIpc) is 2.63. The fourth-order valence-electron chi connectivity index (χ4n) is 3.63. The number of pyridine rings is 1. The second-order valence-electron chi connectivity index (χ2n) is 6.76. The SMILES string of the molecule is Clc1cc(Br)cc2ccc(N3CCC(OC4CCOCC4)CC3)nc12. The van der Waals surface area contributed by atoms with E-state index in [4.69, 9.17) is 26.1 Å². The van der Waals surface area contributed by atoms with Gasteiger partial charge in [0.2, 0.25) is 0 Å². The molecule has 1 aromatic heterocycles. The number of ether oxygens (including phenoxy) is 2. The molecule has 2 saturated heterocycles. The van der Waals surface area contributed by atoms with Crippen LogP contribution >= 0.6 is 27.5 Å². The Morgan fingerprint density at radius 1 is 1.08 bits per heavy atom. The molecule has 134 valence electrons. The molecule has 0 aliphatic carbocycles. The molecule has 3 heterocycles. The number of hydrogen-bond acceptors (Lipinski definition) is 4. The summed E-state index contributed by atoms with van der Waals surface area (Å²) in [4.78, 5) is 7.13. The largest absolute Gasteiger partial charge is 0.381 e. The lowest BCUT2D eigenvalue weighted by Gasteiger charge is -2.35. The van der Waals surface area contributed by atoms with Crippen molar-refractivity contribution in [1.82, 2.24) is 4.98 Å². The van der Waals surface area contributed by atoms with E-state index in [1.54, 1.807) is 0 Å². The summed E-state index contributed by atoms with van der Waals surface area (Å²) in [6.07, 6.45) is 4.89. The van der Waals surface area contributed by atoms with Crippen LogP contribution in [-0.4, -0.2) is 43.5 Å². The molecule has 1 aromatic carbocycles. The molecule has 6 heteroatoms. The molecule has 0 N–H and O–H groups in total. The lowest BCUT2D eigenvalue weighted by Crippen LogP contribution is -2.39. The van der Waals surface area contributed by atoms with E-state index in [9.17, 15) is 0 Å². The molecular weight excluding hydrogens is 404 g/mol. The molecule has 4 nitrogen and oxygen atoms in total. The summed E-state index contributed by atoms with van der Waals surface area (Å²) >= 11 is 9.84. The van der Waals surface area contributed by atoms with Crippen molar-refractivity contribution in [3.63, 3.8) is 0 Å². The first kappa shape index (κ1) is 17.5. The molecule has 2 aliphatic heterocycles. The average molecular weight is 426 g/mol. The summed E-state index contributed by atoms with van der Waals surface area (Å²) in [5, 5.41) is 1.74. The van der Waals surface area contributed by atoms with Gasteiger partial charge in [0.15, 0.2) is 0 Å². The van der Waals surface area contributed by atoms with Gasteiger partial charge in [-0.2, -0.15) is 0 Å². The van der Waals surface area contributed by atoms with Crippen molar-refractivity contribution in [2.45, 2.75) is 37.9 Å². The number of anilines is 1. The number of rotatable bonds is 3. The van der Waals surface area contributed by atoms with E-state index in [0.717, 1.165) is 73.2 Å². The van der Waals surface area contributed by atoms with Crippen LogP contribution in [0.3, 0.4) is 0 Å². The lowest BCUT2D eigenvalue weighted by atomic mass is 10.1. The van der Waals surface area contributed by atoms with Gasteiger partial charge in [-0.1, -0.05) is 27.5 Å². The number of fused-ring (bicyclic) bond motifs is 1. The first-order chi connectivity index (χ1) is 12.2. The molecule has 0 amide bonds. The Balaban J connectivity index is 1.41. The lowest BCUT2D eigenvalue weighted by molar-refractivity contribution is -0.0743. The third kappa shape index (κ3) is 4.11. The van der Waals surface area contributed by atoms with Crippen molar-refractivity contribution >= 4 is 44.3 Å². The molecule has 0 spiro atoms. The summed E-state index contributed by atoms with van der Waals surface area (Å²) in [5.74, 6) is 1.00. The summed E-state index contributed by atoms with van der Waals surface area (Å²) in [7, 11) is 0. The van der Waals surface area contributed by atoms with Crippen LogP contribution in [0.15, 0.2) is 28.7 Å². The van der Waals surface area contributed by atoms with Crippen LogP contribution in [0.5, 0.6) is 0 Å². The first-order valence-electron chi connectivity index (χ1n) is 8.93. The smallest absolute Gasteiger partial charge is 0.129 e. The molecule has 4 rings (SSSR count). The zero-order chi connectivity index (χ0) is 17.2. The van der Waals surface area contributed by atoms with Crippen molar-refractivity contribution < 1.29 is 9.47 Å². The maximum atomic E-state index is 6.36. The van der Waals surface area contributed by atoms with Crippen LogP contribution in [0, 0.1) is 0 Å². The Morgan fingerprint density at radius 3 is 2.56 bits per heavy atom. The fourth-order valence-corrected chi connectivity index (χ4v) is 4.50. The van der Waals surface area contributed by atoms with E-state index in [1.165, 1.54) is 0 Å². The van der Waals surface area contributed by atoms with E-state index in [0.29, 0.717) is 17.2 Å². The van der Waals surface area contributed by atoms with Gasteiger partial charge in [0.05, 0.1) is 22.7 Å². The zero-order valence-electron chi connectivity index (χ0n) is 14.1. The highest BCUT2D eigenvalue weighted by Gasteiger charge is 2.25. The quantitative estimate of drug-likeness (QED) is 0.706. The standard InChI is InChI=1S/C19H22BrClN2O2/c20-14-11-13-1-2-18(22-19(13)17(21)12-14)23-7-3-15(4-8-23)25-16-5-9-24-10-6-16/h1-2,11-12,15-16H,3-10H2. The van der Waals surface area contributed by atoms with E-state index < -0.39 is 0 Å². The highest BCUT2D eigenvalue weighted by Crippen LogP contribution is 2.30. The maximum Gasteiger partial charge on any atom is 0.129 e. The van der Waals surface area contributed by atoms with Crippen LogP contribution in [0.1, 0.15) is 25.7 Å². The van der Waals surface area contributed by atoms with Crippen LogP contribution in [0.2, 0.25) is 5.02 Å². The van der Waals surface area contributed by atoms with Crippen molar-refractivity contribution in [2.75, 3.05) is 31.2 Å². The molecule has 0 atom stereocenters. The number of halogens is 2. The Labute approximate surface area is 161 Å². The Morgan fingerprint density at radius 2 is 1.80 bits per heavy atom. The van der Waals surface area contributed by atoms with Crippen molar-refractivity contribution in [1.29, 1.82) is 0 Å². The fraction of sp³-hybridized carbons (Fsp3) is 0.526. The third-order valence-corrected chi connectivity index (χ3v) is 5.76. The molecule has 0 unspecified atom stereocenters. The molecule has 0 saturated carbocycles. The highest BCUT2D eigenvalue weighted by atomic mass is 79.9. The van der Waals surface area contributed by atoms with Crippen molar-refractivity contribution in [3.05, 3.63) is 33.8 Å². The predicted octanol–water partition coefficient (Wildman–Crippen LogP) is 4.82. The number of hydrogen-bond donors (Lipinski definition) is 0. The minimum absolute atomic E-state index is 0.361. The molecular formula is C19H22BrClN2O2. The molecule has 2 fully saturated rings. The summed E-state index contributed by atoms with van der Waals surface area (Å²) in [6.45, 7) is 3.61. The number of benzene rings is 1. The number of aromatic nitrogens is 1. The third-order valence-electron chi connectivity index (χ3n) is 5.02. The Bertz CT molecular complexity index is 744.